The molecule has 1 unspecified atom stereocenters. The van der Waals surface area contributed by atoms with E-state index in [2.05, 4.69) is 10.3 Å². The van der Waals surface area contributed by atoms with Crippen LogP contribution in [0.1, 0.15) is 32.6 Å². The van der Waals surface area contributed by atoms with Gasteiger partial charge in [-0.15, -0.1) is 0 Å². The van der Waals surface area contributed by atoms with Gasteiger partial charge in [0.15, 0.2) is 5.58 Å². The lowest BCUT2D eigenvalue weighted by atomic mass is 10.2. The molecule has 0 bridgehead atoms. The highest BCUT2D eigenvalue weighted by Crippen LogP contribution is 2.28. The van der Waals surface area contributed by atoms with Crippen molar-refractivity contribution >= 4 is 34.5 Å². The van der Waals surface area contributed by atoms with Crippen molar-refractivity contribution in [1.82, 2.24) is 10.3 Å². The quantitative estimate of drug-likeness (QED) is 0.670. The molecule has 3 N–H and O–H groups in total. The lowest BCUT2D eigenvalue weighted by Crippen LogP contribution is -2.37. The van der Waals surface area contributed by atoms with Crippen LogP contribution in [0.25, 0.3) is 11.1 Å². The number of amides is 1. The number of anilines is 1. The summed E-state index contributed by atoms with van der Waals surface area (Å²) in [5, 5.41) is 3.37. The lowest BCUT2D eigenvalue weighted by molar-refractivity contribution is -0.120. The molecule has 1 aromatic heterocycles. The van der Waals surface area contributed by atoms with Crippen LogP contribution >= 0.6 is 11.8 Å². The number of nitrogens with two attached hydrogens (primary N) is 1. The van der Waals surface area contributed by atoms with Gasteiger partial charge < -0.3 is 15.5 Å². The van der Waals surface area contributed by atoms with E-state index in [0.29, 0.717) is 22.5 Å². The Morgan fingerprint density at radius 1 is 1.48 bits per heavy atom. The van der Waals surface area contributed by atoms with Crippen LogP contribution < -0.4 is 11.1 Å². The Bertz CT molecular complexity index is 649. The Hall–Kier alpha value is -1.69. The van der Waals surface area contributed by atoms with Gasteiger partial charge in [-0.05, 0) is 31.9 Å². The molecule has 1 fully saturated rings. The van der Waals surface area contributed by atoms with Crippen molar-refractivity contribution in [2.75, 3.05) is 5.73 Å². The van der Waals surface area contributed by atoms with Gasteiger partial charge >= 0.3 is 0 Å². The summed E-state index contributed by atoms with van der Waals surface area (Å²) in [7, 11) is 0. The zero-order valence-electron chi connectivity index (χ0n) is 12.0. The first-order chi connectivity index (χ1) is 10.1. The van der Waals surface area contributed by atoms with E-state index in [1.807, 2.05) is 13.0 Å². The molecular formula is C15H19N3O2S. The van der Waals surface area contributed by atoms with Gasteiger partial charge in [0.25, 0.3) is 5.22 Å². The molecule has 1 amide bonds. The number of hydrogen-bond acceptors (Lipinski definition) is 5. The fraction of sp³-hybridized carbons (Fsp3) is 0.467. The molecular weight excluding hydrogens is 286 g/mol. The second-order valence-corrected chi connectivity index (χ2v) is 6.75. The molecule has 1 aliphatic carbocycles. The number of fused-ring (bicyclic) bond motifs is 1. The summed E-state index contributed by atoms with van der Waals surface area (Å²) in [5.41, 5.74) is 7.77. The molecule has 1 aromatic carbocycles. The molecule has 21 heavy (non-hydrogen) atoms. The minimum Gasteiger partial charge on any atom is -0.431 e. The number of oxazole rings is 1. The number of carbonyl (C=O) groups is 1. The lowest BCUT2D eigenvalue weighted by Gasteiger charge is -2.15. The molecule has 2 aromatic rings. The number of thioether (sulfide) groups is 1. The topological polar surface area (TPSA) is 81.2 Å². The standard InChI is InChI=1S/C15H19N3O2S/c1-9(14(19)17-11-4-2-3-5-11)21-15-18-12-7-6-10(16)8-13(12)20-15/h6-9,11H,2-5,16H2,1H3,(H,17,19). The average molecular weight is 305 g/mol. The smallest absolute Gasteiger partial charge is 0.257 e. The third kappa shape index (κ3) is 3.32. The van der Waals surface area contributed by atoms with Gasteiger partial charge in [-0.1, -0.05) is 24.6 Å². The van der Waals surface area contributed by atoms with Crippen LogP contribution in [0.2, 0.25) is 0 Å². The van der Waals surface area contributed by atoms with E-state index in [4.69, 9.17) is 10.2 Å². The molecule has 0 radical (unpaired) electrons. The molecule has 1 heterocycles. The second-order valence-electron chi connectivity index (χ2n) is 5.46. The summed E-state index contributed by atoms with van der Waals surface area (Å²) in [6.07, 6.45) is 4.59. The van der Waals surface area contributed by atoms with E-state index in [9.17, 15) is 4.79 Å². The van der Waals surface area contributed by atoms with E-state index >= 15 is 0 Å². The van der Waals surface area contributed by atoms with Crippen LogP contribution in [0.4, 0.5) is 5.69 Å². The number of rotatable bonds is 4. The molecule has 1 aliphatic rings. The number of carbonyl (C=O) groups excluding carboxylic acids is 1. The molecule has 5 nitrogen and oxygen atoms in total. The summed E-state index contributed by atoms with van der Waals surface area (Å²) >= 11 is 1.34. The molecule has 1 atom stereocenters. The van der Waals surface area contributed by atoms with Crippen LogP contribution in [-0.4, -0.2) is 22.2 Å². The van der Waals surface area contributed by atoms with Crippen LogP contribution in [0.5, 0.6) is 0 Å². The van der Waals surface area contributed by atoms with E-state index in [1.54, 1.807) is 12.1 Å². The zero-order valence-corrected chi connectivity index (χ0v) is 12.8. The van der Waals surface area contributed by atoms with Crippen molar-refractivity contribution in [2.24, 2.45) is 0 Å². The Kier molecular flexibility index (Phi) is 4.05. The summed E-state index contributed by atoms with van der Waals surface area (Å²) in [6.45, 7) is 1.87. The van der Waals surface area contributed by atoms with E-state index in [1.165, 1.54) is 24.6 Å². The van der Waals surface area contributed by atoms with Crippen LogP contribution in [0, 0.1) is 0 Å². The van der Waals surface area contributed by atoms with Crippen molar-refractivity contribution in [3.8, 4) is 0 Å². The van der Waals surface area contributed by atoms with Crippen molar-refractivity contribution in [3.63, 3.8) is 0 Å². The summed E-state index contributed by atoms with van der Waals surface area (Å²) in [5.74, 6) is 0.0497. The Labute approximate surface area is 127 Å². The first-order valence-corrected chi connectivity index (χ1v) is 8.13. The largest absolute Gasteiger partial charge is 0.431 e. The molecule has 0 saturated heterocycles. The van der Waals surface area contributed by atoms with Crippen LogP contribution in [-0.2, 0) is 4.79 Å². The minimum atomic E-state index is -0.226. The average Bonchev–Trinajstić information content (AvgIpc) is 3.07. The predicted molar refractivity (Wildman–Crippen MR) is 84.1 cm³/mol. The summed E-state index contributed by atoms with van der Waals surface area (Å²) in [6, 6.07) is 5.69. The molecule has 6 heteroatoms. The monoisotopic (exact) mass is 305 g/mol. The number of hydrogen-bond donors (Lipinski definition) is 2. The number of nitrogens with zero attached hydrogens (tertiary/aromatic N) is 1. The number of aromatic nitrogens is 1. The summed E-state index contributed by atoms with van der Waals surface area (Å²) in [4.78, 5) is 16.5. The maximum absolute atomic E-state index is 12.2. The van der Waals surface area contributed by atoms with Crippen molar-refractivity contribution in [3.05, 3.63) is 18.2 Å². The predicted octanol–water partition coefficient (Wildman–Crippen LogP) is 2.95. The minimum absolute atomic E-state index is 0.0497. The van der Waals surface area contributed by atoms with E-state index in [-0.39, 0.29) is 11.2 Å². The molecule has 1 saturated carbocycles. The van der Waals surface area contributed by atoms with Gasteiger partial charge in [-0.25, -0.2) is 4.98 Å². The van der Waals surface area contributed by atoms with Gasteiger partial charge in [0.1, 0.15) is 5.52 Å². The van der Waals surface area contributed by atoms with Gasteiger partial charge in [0.05, 0.1) is 5.25 Å². The number of benzene rings is 1. The summed E-state index contributed by atoms with van der Waals surface area (Å²) < 4.78 is 5.63. The highest BCUT2D eigenvalue weighted by Gasteiger charge is 2.22. The Morgan fingerprint density at radius 3 is 3.00 bits per heavy atom. The van der Waals surface area contributed by atoms with E-state index in [0.717, 1.165) is 18.4 Å². The van der Waals surface area contributed by atoms with Crippen molar-refractivity contribution in [1.29, 1.82) is 0 Å². The fourth-order valence-electron chi connectivity index (χ4n) is 2.56. The maximum atomic E-state index is 12.2. The number of nitrogens with one attached hydrogen (secondary N) is 1. The van der Waals surface area contributed by atoms with Gasteiger partial charge in [0.2, 0.25) is 5.91 Å². The third-order valence-corrected chi connectivity index (χ3v) is 4.69. The van der Waals surface area contributed by atoms with Crippen LogP contribution in [0.15, 0.2) is 27.8 Å². The van der Waals surface area contributed by atoms with Gasteiger partial charge in [-0.3, -0.25) is 4.79 Å². The molecule has 0 aliphatic heterocycles. The van der Waals surface area contributed by atoms with Gasteiger partial charge in [-0.2, -0.15) is 0 Å². The maximum Gasteiger partial charge on any atom is 0.257 e. The Balaban J connectivity index is 1.64. The third-order valence-electron chi connectivity index (χ3n) is 3.74. The van der Waals surface area contributed by atoms with Crippen LogP contribution in [0.3, 0.4) is 0 Å². The number of nitrogen functional groups attached to an aromatic ring is 1. The molecule has 3 rings (SSSR count). The van der Waals surface area contributed by atoms with E-state index < -0.39 is 0 Å². The first kappa shape index (κ1) is 14.3. The fourth-order valence-corrected chi connectivity index (χ4v) is 3.33. The van der Waals surface area contributed by atoms with Crippen molar-refractivity contribution in [2.45, 2.75) is 49.1 Å². The van der Waals surface area contributed by atoms with Gasteiger partial charge in [0, 0.05) is 17.8 Å². The highest BCUT2D eigenvalue weighted by atomic mass is 32.2. The van der Waals surface area contributed by atoms with Crippen molar-refractivity contribution < 1.29 is 9.21 Å². The molecule has 0 spiro atoms. The first-order valence-electron chi connectivity index (χ1n) is 7.25. The molecule has 112 valence electrons. The second kappa shape index (κ2) is 5.97. The Morgan fingerprint density at radius 2 is 2.24 bits per heavy atom. The SMILES string of the molecule is CC(Sc1nc2ccc(N)cc2o1)C(=O)NC1CCCC1. The highest BCUT2D eigenvalue weighted by molar-refractivity contribution is 8.00. The normalized spacial score (nSPS) is 17.2. The zero-order chi connectivity index (χ0) is 14.8.